The van der Waals surface area contributed by atoms with Gasteiger partial charge in [0, 0.05) is 28.1 Å². The number of likely N-dealkylation sites (N-methyl/N-ethyl adjacent to an activating group) is 1. The molecule has 0 aliphatic heterocycles. The average Bonchev–Trinajstić information content (AvgIpc) is 2.64. The maximum Gasteiger partial charge on any atom is 0.244 e. The van der Waals surface area contributed by atoms with E-state index in [1.807, 2.05) is 31.2 Å². The molecule has 4 nitrogen and oxygen atoms in total. The Labute approximate surface area is 181 Å². The molecule has 0 heterocycles. The summed E-state index contributed by atoms with van der Waals surface area (Å²) in [6.07, 6.45) is 0.347. The molecule has 0 atom stereocenters. The summed E-state index contributed by atoms with van der Waals surface area (Å²) in [5, 5.41) is 3.39. The van der Waals surface area contributed by atoms with Crippen LogP contribution < -0.4 is 5.32 Å². The van der Waals surface area contributed by atoms with Gasteiger partial charge in [-0.3, -0.25) is 9.59 Å². The van der Waals surface area contributed by atoms with Crippen molar-refractivity contribution in [2.75, 3.05) is 24.2 Å². The van der Waals surface area contributed by atoms with Crippen molar-refractivity contribution in [2.45, 2.75) is 18.2 Å². The zero-order chi connectivity index (χ0) is 19.8. The summed E-state index contributed by atoms with van der Waals surface area (Å²) in [5.41, 5.74) is 0.360. The largest absolute Gasteiger partial charge is 0.334 e. The Hall–Kier alpha value is -1.21. The number of hydrogen-bond donors (Lipinski definition) is 1. The number of nitrogens with one attached hydrogen (secondary N) is 1. The number of rotatable bonds is 8. The summed E-state index contributed by atoms with van der Waals surface area (Å²) < 4.78 is 1.01. The number of anilines is 1. The monoisotopic (exact) mass is 488 g/mol. The molecule has 2 aromatic rings. The van der Waals surface area contributed by atoms with E-state index in [1.165, 1.54) is 4.90 Å². The molecule has 0 aliphatic carbocycles. The number of nitrogens with zero attached hydrogens (tertiary/aromatic N) is 1. The number of thioether (sulfide) groups is 1. The van der Waals surface area contributed by atoms with E-state index in [4.69, 9.17) is 23.2 Å². The Morgan fingerprint density at radius 2 is 1.78 bits per heavy atom. The van der Waals surface area contributed by atoms with Gasteiger partial charge in [0.2, 0.25) is 11.8 Å². The molecule has 27 heavy (non-hydrogen) atoms. The summed E-state index contributed by atoms with van der Waals surface area (Å²) in [6.45, 7) is 2.24. The second-order valence-corrected chi connectivity index (χ2v) is 8.39. The van der Waals surface area contributed by atoms with Crippen LogP contribution >= 0.6 is 50.9 Å². The molecule has 0 aromatic heterocycles. The summed E-state index contributed by atoms with van der Waals surface area (Å²) in [7, 11) is 0. The fourth-order valence-electron chi connectivity index (χ4n) is 2.31. The maximum atomic E-state index is 12.4. The van der Waals surface area contributed by atoms with E-state index in [2.05, 4.69) is 21.2 Å². The second kappa shape index (κ2) is 11.0. The van der Waals surface area contributed by atoms with E-state index in [9.17, 15) is 9.59 Å². The first-order valence-electron chi connectivity index (χ1n) is 8.31. The minimum atomic E-state index is -0.335. The Morgan fingerprint density at radius 1 is 1.11 bits per heavy atom. The van der Waals surface area contributed by atoms with Crippen molar-refractivity contribution in [2.24, 2.45) is 0 Å². The van der Waals surface area contributed by atoms with Gasteiger partial charge < -0.3 is 10.2 Å². The fraction of sp³-hybridized carbons (Fsp3) is 0.263. The predicted octanol–water partition coefficient (Wildman–Crippen LogP) is 5.73. The highest BCUT2D eigenvalue weighted by atomic mass is 79.9. The topological polar surface area (TPSA) is 49.4 Å². The molecule has 144 valence electrons. The zero-order valence-corrected chi connectivity index (χ0v) is 18.6. The lowest BCUT2D eigenvalue weighted by atomic mass is 10.3. The third-order valence-electron chi connectivity index (χ3n) is 3.71. The first-order chi connectivity index (χ1) is 12.9. The number of halogens is 3. The predicted molar refractivity (Wildman–Crippen MR) is 117 cm³/mol. The molecule has 0 fully saturated rings. The number of benzene rings is 2. The first-order valence-corrected chi connectivity index (χ1v) is 10.8. The van der Waals surface area contributed by atoms with Crippen molar-refractivity contribution < 1.29 is 9.59 Å². The molecule has 0 spiro atoms. The van der Waals surface area contributed by atoms with Gasteiger partial charge in [0.15, 0.2) is 0 Å². The van der Waals surface area contributed by atoms with Crippen molar-refractivity contribution in [1.82, 2.24) is 4.90 Å². The van der Waals surface area contributed by atoms with Crippen molar-refractivity contribution in [1.29, 1.82) is 0 Å². The summed E-state index contributed by atoms with van der Waals surface area (Å²) in [6, 6.07) is 12.9. The molecule has 0 bridgehead atoms. The third kappa shape index (κ3) is 6.71. The number of para-hydroxylation sites is 1. The van der Waals surface area contributed by atoms with E-state index in [1.54, 1.807) is 30.0 Å². The lowest BCUT2D eigenvalue weighted by molar-refractivity contribution is -0.134. The summed E-state index contributed by atoms with van der Waals surface area (Å²) in [5.74, 6) is 0.228. The van der Waals surface area contributed by atoms with Crippen LogP contribution in [0.2, 0.25) is 10.0 Å². The Kier molecular flexibility index (Phi) is 8.96. The number of amides is 2. The van der Waals surface area contributed by atoms with Gasteiger partial charge in [0.25, 0.3) is 0 Å². The van der Waals surface area contributed by atoms with Crippen LogP contribution in [0.5, 0.6) is 0 Å². The molecule has 8 heteroatoms. The van der Waals surface area contributed by atoms with Gasteiger partial charge in [-0.2, -0.15) is 0 Å². The number of carbonyl (C=O) groups is 2. The van der Waals surface area contributed by atoms with Gasteiger partial charge >= 0.3 is 0 Å². The van der Waals surface area contributed by atoms with Gasteiger partial charge in [-0.15, -0.1) is 11.8 Å². The average molecular weight is 490 g/mol. The van der Waals surface area contributed by atoms with Crippen LogP contribution in [-0.4, -0.2) is 35.6 Å². The van der Waals surface area contributed by atoms with Crippen LogP contribution in [0.3, 0.4) is 0 Å². The molecular formula is C19H19BrCl2N2O2S. The SMILES string of the molecule is CCN(CC(=O)Nc1c(Cl)cccc1Cl)C(=O)CCSc1ccccc1Br. The molecule has 1 N–H and O–H groups in total. The quantitative estimate of drug-likeness (QED) is 0.482. The van der Waals surface area contributed by atoms with E-state index in [0.29, 0.717) is 34.5 Å². The standard InChI is InChI=1S/C19H19BrCl2N2O2S/c1-2-24(12-17(25)23-19-14(21)7-5-8-15(19)22)18(26)10-11-27-16-9-4-3-6-13(16)20/h3-9H,2,10-12H2,1H3,(H,23,25). The minimum Gasteiger partial charge on any atom is -0.334 e. The highest BCUT2D eigenvalue weighted by Gasteiger charge is 2.17. The normalized spacial score (nSPS) is 10.5. The first kappa shape index (κ1) is 22.1. The van der Waals surface area contributed by atoms with Crippen molar-refractivity contribution in [3.8, 4) is 0 Å². The zero-order valence-electron chi connectivity index (χ0n) is 14.7. The van der Waals surface area contributed by atoms with Crippen molar-refractivity contribution in [3.05, 3.63) is 57.0 Å². The Morgan fingerprint density at radius 3 is 2.41 bits per heavy atom. The Bertz CT molecular complexity index is 800. The number of carbonyl (C=O) groups excluding carboxylic acids is 2. The second-order valence-electron chi connectivity index (χ2n) is 5.58. The molecule has 0 saturated heterocycles. The fourth-order valence-corrected chi connectivity index (χ4v) is 4.31. The maximum absolute atomic E-state index is 12.4. The molecule has 0 unspecified atom stereocenters. The number of hydrogen-bond acceptors (Lipinski definition) is 3. The van der Waals surface area contributed by atoms with Gasteiger partial charge in [0.05, 0.1) is 22.3 Å². The van der Waals surface area contributed by atoms with Crippen LogP contribution in [0, 0.1) is 0 Å². The third-order valence-corrected chi connectivity index (χ3v) is 6.37. The van der Waals surface area contributed by atoms with E-state index in [0.717, 1.165) is 9.37 Å². The van der Waals surface area contributed by atoms with Crippen LogP contribution in [0.4, 0.5) is 5.69 Å². The van der Waals surface area contributed by atoms with Crippen LogP contribution in [0.15, 0.2) is 51.8 Å². The van der Waals surface area contributed by atoms with Gasteiger partial charge in [0.1, 0.15) is 0 Å². The van der Waals surface area contributed by atoms with Gasteiger partial charge in [-0.1, -0.05) is 41.4 Å². The van der Waals surface area contributed by atoms with Crippen LogP contribution in [-0.2, 0) is 9.59 Å². The van der Waals surface area contributed by atoms with Crippen molar-refractivity contribution >= 4 is 68.4 Å². The highest BCUT2D eigenvalue weighted by molar-refractivity contribution is 9.10. The van der Waals surface area contributed by atoms with E-state index in [-0.39, 0.29) is 18.4 Å². The molecule has 2 amide bonds. The van der Waals surface area contributed by atoms with Gasteiger partial charge in [-0.05, 0) is 47.1 Å². The lowest BCUT2D eigenvalue weighted by Gasteiger charge is -2.20. The lowest BCUT2D eigenvalue weighted by Crippen LogP contribution is -2.38. The van der Waals surface area contributed by atoms with E-state index >= 15 is 0 Å². The van der Waals surface area contributed by atoms with Gasteiger partial charge in [-0.25, -0.2) is 0 Å². The molecule has 0 saturated carbocycles. The van der Waals surface area contributed by atoms with Crippen LogP contribution in [0.1, 0.15) is 13.3 Å². The van der Waals surface area contributed by atoms with Crippen molar-refractivity contribution in [3.63, 3.8) is 0 Å². The molecule has 0 aliphatic rings. The smallest absolute Gasteiger partial charge is 0.244 e. The molecular weight excluding hydrogens is 471 g/mol. The molecule has 0 radical (unpaired) electrons. The summed E-state index contributed by atoms with van der Waals surface area (Å²) >= 11 is 17.2. The minimum absolute atomic E-state index is 0.0451. The molecule has 2 rings (SSSR count). The summed E-state index contributed by atoms with van der Waals surface area (Å²) in [4.78, 5) is 27.3. The van der Waals surface area contributed by atoms with Crippen LogP contribution in [0.25, 0.3) is 0 Å². The van der Waals surface area contributed by atoms with E-state index < -0.39 is 0 Å². The molecule has 2 aromatic carbocycles. The highest BCUT2D eigenvalue weighted by Crippen LogP contribution is 2.30. The Balaban J connectivity index is 1.87.